The first-order valence-corrected chi connectivity index (χ1v) is 10.9. The monoisotopic (exact) mass is 432 g/mol. The van der Waals surface area contributed by atoms with Gasteiger partial charge in [0.2, 0.25) is 5.92 Å². The SMILES string of the molecule is CSc1cc(NC(=O)c2cc3cnn(C)c3nc2N2CCCC(F)(F)CC2)ccn1. The molecule has 158 valence electrons. The fraction of sp³-hybridized carbons (Fsp3) is 0.400. The number of anilines is 2. The third-order valence-electron chi connectivity index (χ3n) is 5.15. The van der Waals surface area contributed by atoms with Crippen molar-refractivity contribution in [1.29, 1.82) is 0 Å². The van der Waals surface area contributed by atoms with Gasteiger partial charge in [-0.05, 0) is 30.9 Å². The summed E-state index contributed by atoms with van der Waals surface area (Å²) in [6.07, 6.45) is 5.08. The molecule has 0 radical (unpaired) electrons. The predicted octanol–water partition coefficient (Wildman–Crippen LogP) is 3.96. The number of nitrogens with one attached hydrogen (secondary N) is 1. The second-order valence-corrected chi connectivity index (χ2v) is 8.10. The number of rotatable bonds is 4. The maximum absolute atomic E-state index is 13.9. The summed E-state index contributed by atoms with van der Waals surface area (Å²) in [7, 11) is 1.76. The smallest absolute Gasteiger partial charge is 0.259 e. The highest BCUT2D eigenvalue weighted by atomic mass is 32.2. The van der Waals surface area contributed by atoms with Crippen molar-refractivity contribution in [1.82, 2.24) is 19.7 Å². The number of aryl methyl sites for hydroxylation is 1. The van der Waals surface area contributed by atoms with Crippen LogP contribution in [0.5, 0.6) is 0 Å². The second kappa shape index (κ2) is 8.17. The largest absolute Gasteiger partial charge is 0.356 e. The van der Waals surface area contributed by atoms with E-state index in [1.807, 2.05) is 6.26 Å². The molecule has 1 aliphatic heterocycles. The van der Waals surface area contributed by atoms with Gasteiger partial charge >= 0.3 is 0 Å². The van der Waals surface area contributed by atoms with Gasteiger partial charge in [-0.3, -0.25) is 9.48 Å². The van der Waals surface area contributed by atoms with Crippen LogP contribution in [0.2, 0.25) is 0 Å². The van der Waals surface area contributed by atoms with E-state index in [-0.39, 0.29) is 25.3 Å². The van der Waals surface area contributed by atoms with Crippen molar-refractivity contribution in [3.63, 3.8) is 0 Å². The fourth-order valence-corrected chi connectivity index (χ4v) is 3.96. The zero-order chi connectivity index (χ0) is 21.3. The van der Waals surface area contributed by atoms with Crippen molar-refractivity contribution in [2.75, 3.05) is 29.6 Å². The third-order valence-corrected chi connectivity index (χ3v) is 5.79. The van der Waals surface area contributed by atoms with E-state index >= 15 is 0 Å². The van der Waals surface area contributed by atoms with E-state index in [9.17, 15) is 13.6 Å². The molecule has 0 saturated carbocycles. The number of fused-ring (bicyclic) bond motifs is 1. The Hall–Kier alpha value is -2.75. The van der Waals surface area contributed by atoms with Crippen LogP contribution in [0, 0.1) is 0 Å². The van der Waals surface area contributed by atoms with Crippen LogP contribution in [-0.2, 0) is 7.05 Å². The molecule has 1 aliphatic rings. The number of nitrogens with zero attached hydrogens (tertiary/aromatic N) is 5. The topological polar surface area (TPSA) is 75.9 Å². The maximum Gasteiger partial charge on any atom is 0.259 e. The molecule has 0 atom stereocenters. The van der Waals surface area contributed by atoms with Crippen molar-refractivity contribution >= 4 is 40.2 Å². The number of halogens is 2. The average Bonchev–Trinajstić information content (AvgIpc) is 2.98. The highest BCUT2D eigenvalue weighted by molar-refractivity contribution is 7.98. The van der Waals surface area contributed by atoms with E-state index in [1.54, 1.807) is 47.2 Å². The zero-order valence-corrected chi connectivity index (χ0v) is 17.5. The van der Waals surface area contributed by atoms with Crippen LogP contribution in [0.1, 0.15) is 29.6 Å². The summed E-state index contributed by atoms with van der Waals surface area (Å²) in [5.74, 6) is -2.64. The molecule has 1 N–H and O–H groups in total. The van der Waals surface area contributed by atoms with Crippen LogP contribution in [-0.4, -0.2) is 50.9 Å². The maximum atomic E-state index is 13.9. The Balaban J connectivity index is 1.72. The number of thioether (sulfide) groups is 1. The van der Waals surface area contributed by atoms with Crippen molar-refractivity contribution < 1.29 is 13.6 Å². The standard InChI is InChI=1S/C20H22F2N6OS/c1-27-17-13(12-24-27)10-15(19(29)25-14-4-7-23-16(11-14)30-2)18(26-17)28-8-3-5-20(21,22)6-9-28/h4,7,10-12H,3,5-6,8-9H2,1-2H3,(H,23,25,29). The molecule has 7 nitrogen and oxygen atoms in total. The summed E-state index contributed by atoms with van der Waals surface area (Å²) >= 11 is 1.47. The first kappa shape index (κ1) is 20.5. The predicted molar refractivity (Wildman–Crippen MR) is 113 cm³/mol. The summed E-state index contributed by atoms with van der Waals surface area (Å²) in [5.41, 5.74) is 1.55. The summed E-state index contributed by atoms with van der Waals surface area (Å²) in [6, 6.07) is 5.21. The van der Waals surface area contributed by atoms with Crippen LogP contribution in [0.4, 0.5) is 20.3 Å². The van der Waals surface area contributed by atoms with E-state index < -0.39 is 5.92 Å². The van der Waals surface area contributed by atoms with Crippen LogP contribution < -0.4 is 10.2 Å². The van der Waals surface area contributed by atoms with E-state index in [4.69, 9.17) is 0 Å². The zero-order valence-electron chi connectivity index (χ0n) is 16.7. The molecule has 0 spiro atoms. The van der Waals surface area contributed by atoms with Gasteiger partial charge in [0, 0.05) is 50.2 Å². The van der Waals surface area contributed by atoms with E-state index in [2.05, 4.69) is 20.4 Å². The third kappa shape index (κ3) is 4.23. The van der Waals surface area contributed by atoms with Gasteiger partial charge in [-0.15, -0.1) is 11.8 Å². The van der Waals surface area contributed by atoms with Gasteiger partial charge in [0.1, 0.15) is 5.82 Å². The Kier molecular flexibility index (Phi) is 5.59. The molecule has 4 rings (SSSR count). The lowest BCUT2D eigenvalue weighted by Gasteiger charge is -2.24. The molecule has 1 fully saturated rings. The molecule has 1 saturated heterocycles. The van der Waals surface area contributed by atoms with Crippen molar-refractivity contribution in [2.45, 2.75) is 30.2 Å². The van der Waals surface area contributed by atoms with E-state index in [0.29, 0.717) is 41.1 Å². The minimum Gasteiger partial charge on any atom is -0.356 e. The van der Waals surface area contributed by atoms with Crippen LogP contribution in [0.25, 0.3) is 11.0 Å². The number of alkyl halides is 2. The Morgan fingerprint density at radius 3 is 2.90 bits per heavy atom. The quantitative estimate of drug-likeness (QED) is 0.629. The lowest BCUT2D eigenvalue weighted by atomic mass is 10.1. The Morgan fingerprint density at radius 2 is 2.10 bits per heavy atom. The molecule has 0 bridgehead atoms. The molecule has 10 heteroatoms. The number of carbonyl (C=O) groups excluding carboxylic acids is 1. The molecule has 0 aromatic carbocycles. The van der Waals surface area contributed by atoms with Crippen LogP contribution >= 0.6 is 11.8 Å². The molecule has 1 amide bonds. The highest BCUT2D eigenvalue weighted by Crippen LogP contribution is 2.32. The Labute approximate surface area is 176 Å². The normalized spacial score (nSPS) is 16.5. The number of amides is 1. The Bertz CT molecular complexity index is 1090. The molecule has 3 aromatic heterocycles. The van der Waals surface area contributed by atoms with Gasteiger partial charge in [0.15, 0.2) is 5.65 Å². The Morgan fingerprint density at radius 1 is 1.27 bits per heavy atom. The molecule has 30 heavy (non-hydrogen) atoms. The summed E-state index contributed by atoms with van der Waals surface area (Å²) < 4.78 is 29.4. The van der Waals surface area contributed by atoms with E-state index in [0.717, 1.165) is 5.03 Å². The van der Waals surface area contributed by atoms with Gasteiger partial charge in [0.05, 0.1) is 16.8 Å². The van der Waals surface area contributed by atoms with Crippen molar-refractivity contribution in [2.24, 2.45) is 7.05 Å². The van der Waals surface area contributed by atoms with Gasteiger partial charge < -0.3 is 10.2 Å². The molecule has 0 unspecified atom stereocenters. The first-order chi connectivity index (χ1) is 14.4. The van der Waals surface area contributed by atoms with E-state index in [1.165, 1.54) is 11.8 Å². The van der Waals surface area contributed by atoms with Gasteiger partial charge in [-0.2, -0.15) is 5.10 Å². The minimum absolute atomic E-state index is 0.134. The summed E-state index contributed by atoms with van der Waals surface area (Å²) in [5, 5.41) is 8.58. The molecule has 4 heterocycles. The fourth-order valence-electron chi connectivity index (χ4n) is 3.55. The number of hydrogen-bond donors (Lipinski definition) is 1. The first-order valence-electron chi connectivity index (χ1n) is 9.63. The number of aromatic nitrogens is 4. The van der Waals surface area contributed by atoms with Crippen LogP contribution in [0.15, 0.2) is 35.6 Å². The van der Waals surface area contributed by atoms with Crippen molar-refractivity contribution in [3.05, 3.63) is 36.2 Å². The number of hydrogen-bond acceptors (Lipinski definition) is 6. The minimum atomic E-state index is -2.70. The van der Waals surface area contributed by atoms with Gasteiger partial charge in [-0.25, -0.2) is 18.7 Å². The molecular formula is C20H22F2N6OS. The summed E-state index contributed by atoms with van der Waals surface area (Å²) in [4.78, 5) is 23.8. The highest BCUT2D eigenvalue weighted by Gasteiger charge is 2.33. The molecular weight excluding hydrogens is 410 g/mol. The number of carbonyl (C=O) groups is 1. The second-order valence-electron chi connectivity index (χ2n) is 7.28. The van der Waals surface area contributed by atoms with Gasteiger partial charge in [-0.1, -0.05) is 0 Å². The molecule has 3 aromatic rings. The summed E-state index contributed by atoms with van der Waals surface area (Å²) in [6.45, 7) is 0.549. The average molecular weight is 433 g/mol. The van der Waals surface area contributed by atoms with Gasteiger partial charge in [0.25, 0.3) is 5.91 Å². The lowest BCUT2D eigenvalue weighted by Crippen LogP contribution is -2.29. The number of pyridine rings is 2. The van der Waals surface area contributed by atoms with Crippen molar-refractivity contribution in [3.8, 4) is 0 Å². The molecule has 0 aliphatic carbocycles. The lowest BCUT2D eigenvalue weighted by molar-refractivity contribution is -0.0102. The van der Waals surface area contributed by atoms with Crippen LogP contribution in [0.3, 0.4) is 0 Å².